The number of imide groups is 1. The van der Waals surface area contributed by atoms with E-state index in [1.54, 1.807) is 30.3 Å². The number of benzene rings is 1. The number of halogens is 1. The number of fused-ring (bicyclic) bond motifs is 1. The van der Waals surface area contributed by atoms with Gasteiger partial charge >= 0.3 is 5.97 Å². The molecule has 126 valence electrons. The maximum atomic E-state index is 12.2. The van der Waals surface area contributed by atoms with E-state index >= 15 is 0 Å². The van der Waals surface area contributed by atoms with Crippen molar-refractivity contribution >= 4 is 33.7 Å². The molecule has 24 heavy (non-hydrogen) atoms. The lowest BCUT2D eigenvalue weighted by Gasteiger charge is -2.12. The first kappa shape index (κ1) is 18.1. The molecule has 0 saturated carbocycles. The minimum absolute atomic E-state index is 0.217. The Morgan fingerprint density at radius 3 is 2.33 bits per heavy atom. The summed E-state index contributed by atoms with van der Waals surface area (Å²) in [4.78, 5) is 38.1. The quantitative estimate of drug-likeness (QED) is 0.233. The molecule has 1 aliphatic heterocycles. The Morgan fingerprint density at radius 2 is 1.79 bits per heavy atom. The van der Waals surface area contributed by atoms with Gasteiger partial charge in [0.25, 0.3) is 11.8 Å². The molecule has 0 bridgehead atoms. The first-order chi connectivity index (χ1) is 11.5. The largest absolute Gasteiger partial charge is 0.426 e. The van der Waals surface area contributed by atoms with Crippen molar-refractivity contribution < 1.29 is 19.1 Å². The number of allylic oxidation sites excluding steroid dienone is 2. The van der Waals surface area contributed by atoms with Crippen molar-refractivity contribution in [3.05, 3.63) is 58.3 Å². The van der Waals surface area contributed by atoms with E-state index in [9.17, 15) is 14.4 Å². The zero-order valence-electron chi connectivity index (χ0n) is 13.3. The number of rotatable bonds is 7. The number of nitrogens with zero attached hydrogens (tertiary/aromatic N) is 1. The Labute approximate surface area is 149 Å². The second-order valence-electron chi connectivity index (χ2n) is 5.31. The summed E-state index contributed by atoms with van der Waals surface area (Å²) in [6.45, 7) is 1.75. The molecule has 0 unspecified atom stereocenters. The van der Waals surface area contributed by atoms with Crippen LogP contribution in [0, 0.1) is 0 Å². The van der Waals surface area contributed by atoms with Crippen LogP contribution < -0.4 is 0 Å². The van der Waals surface area contributed by atoms with Gasteiger partial charge in [0.1, 0.15) is 5.76 Å². The zero-order chi connectivity index (χ0) is 17.5. The smallest absolute Gasteiger partial charge is 0.308 e. The molecule has 2 amide bonds. The monoisotopic (exact) mass is 391 g/mol. The van der Waals surface area contributed by atoms with Gasteiger partial charge in [0, 0.05) is 18.5 Å². The van der Waals surface area contributed by atoms with E-state index in [1.807, 2.05) is 6.08 Å². The van der Waals surface area contributed by atoms with Crippen LogP contribution in [0.2, 0.25) is 0 Å². The van der Waals surface area contributed by atoms with Crippen LogP contribution in [0.5, 0.6) is 0 Å². The normalized spacial score (nSPS) is 14.4. The molecule has 0 radical (unpaired) electrons. The van der Waals surface area contributed by atoms with Crippen LogP contribution in [0.3, 0.4) is 0 Å². The Hall–Kier alpha value is -2.21. The number of ether oxygens (including phenoxy) is 1. The first-order valence-electron chi connectivity index (χ1n) is 7.65. The lowest BCUT2D eigenvalue weighted by Crippen LogP contribution is -2.30. The Morgan fingerprint density at radius 1 is 1.17 bits per heavy atom. The van der Waals surface area contributed by atoms with Crippen molar-refractivity contribution in [1.29, 1.82) is 0 Å². The number of esters is 1. The summed E-state index contributed by atoms with van der Waals surface area (Å²) < 4.78 is 4.94. The van der Waals surface area contributed by atoms with Crippen LogP contribution in [0.4, 0.5) is 0 Å². The van der Waals surface area contributed by atoms with Crippen LogP contribution >= 0.6 is 15.9 Å². The standard InChI is InChI=1S/C18H18BrNO4/c1-13(21)24-14(12-19)8-4-2-3-7-11-20-17(22)15-9-5-6-10-16(15)18(20)23/h4-6,8-10,12H,2-3,7,11H2,1H3/b8-4+,14-12-. The minimum atomic E-state index is -0.379. The molecule has 2 rings (SSSR count). The Balaban J connectivity index is 1.77. The molecule has 0 aromatic heterocycles. The van der Waals surface area contributed by atoms with Crippen molar-refractivity contribution in [2.24, 2.45) is 0 Å². The lowest BCUT2D eigenvalue weighted by atomic mass is 10.1. The maximum absolute atomic E-state index is 12.2. The van der Waals surface area contributed by atoms with Crippen molar-refractivity contribution in [2.45, 2.75) is 26.2 Å². The first-order valence-corrected chi connectivity index (χ1v) is 8.56. The third kappa shape index (κ3) is 4.41. The third-order valence-electron chi connectivity index (χ3n) is 3.53. The molecule has 0 N–H and O–H groups in total. The van der Waals surface area contributed by atoms with Gasteiger partial charge in [-0.25, -0.2) is 0 Å². The highest BCUT2D eigenvalue weighted by Crippen LogP contribution is 2.22. The van der Waals surface area contributed by atoms with E-state index in [0.29, 0.717) is 23.4 Å². The van der Waals surface area contributed by atoms with Crippen molar-refractivity contribution in [1.82, 2.24) is 4.90 Å². The highest BCUT2D eigenvalue weighted by Gasteiger charge is 2.34. The van der Waals surface area contributed by atoms with Gasteiger partial charge in [-0.15, -0.1) is 0 Å². The summed E-state index contributed by atoms with van der Waals surface area (Å²) in [5, 5.41) is 0. The van der Waals surface area contributed by atoms with Gasteiger partial charge in [-0.2, -0.15) is 0 Å². The second-order valence-corrected chi connectivity index (χ2v) is 5.77. The lowest BCUT2D eigenvalue weighted by molar-refractivity contribution is -0.136. The molecule has 0 atom stereocenters. The molecule has 1 aromatic carbocycles. The molecule has 0 spiro atoms. The fraction of sp³-hybridized carbons (Fsp3) is 0.278. The fourth-order valence-electron chi connectivity index (χ4n) is 2.43. The van der Waals surface area contributed by atoms with E-state index in [2.05, 4.69) is 15.9 Å². The maximum Gasteiger partial charge on any atom is 0.308 e. The number of carbonyl (C=O) groups excluding carboxylic acids is 3. The molecule has 0 fully saturated rings. The third-order valence-corrected chi connectivity index (χ3v) is 3.98. The molecular formula is C18H18BrNO4. The Kier molecular flexibility index (Phi) is 6.49. The van der Waals surface area contributed by atoms with Gasteiger partial charge in [-0.3, -0.25) is 19.3 Å². The molecule has 1 heterocycles. The van der Waals surface area contributed by atoms with Crippen molar-refractivity contribution in [3.8, 4) is 0 Å². The van der Waals surface area contributed by atoms with Crippen LogP contribution in [0.25, 0.3) is 0 Å². The molecular weight excluding hydrogens is 374 g/mol. The zero-order valence-corrected chi connectivity index (χ0v) is 14.9. The predicted molar refractivity (Wildman–Crippen MR) is 93.6 cm³/mol. The molecule has 6 heteroatoms. The second kappa shape index (κ2) is 8.59. The summed E-state index contributed by atoms with van der Waals surface area (Å²) in [7, 11) is 0. The average molecular weight is 392 g/mol. The van der Waals surface area contributed by atoms with E-state index in [4.69, 9.17) is 4.74 Å². The molecule has 1 aromatic rings. The summed E-state index contributed by atoms with van der Waals surface area (Å²) >= 11 is 3.13. The Bertz CT molecular complexity index is 674. The van der Waals surface area contributed by atoms with Crippen LogP contribution in [0.1, 0.15) is 46.9 Å². The van der Waals surface area contributed by atoms with E-state index < -0.39 is 0 Å². The van der Waals surface area contributed by atoms with E-state index in [-0.39, 0.29) is 17.8 Å². The molecule has 1 aliphatic rings. The van der Waals surface area contributed by atoms with Crippen molar-refractivity contribution in [3.63, 3.8) is 0 Å². The number of hydrogen-bond donors (Lipinski definition) is 0. The van der Waals surface area contributed by atoms with Gasteiger partial charge in [0.15, 0.2) is 0 Å². The van der Waals surface area contributed by atoms with Gasteiger partial charge in [-0.1, -0.05) is 34.1 Å². The van der Waals surface area contributed by atoms with Crippen LogP contribution in [0.15, 0.2) is 47.2 Å². The molecule has 0 aliphatic carbocycles. The van der Waals surface area contributed by atoms with Crippen LogP contribution in [-0.4, -0.2) is 29.2 Å². The number of hydrogen-bond acceptors (Lipinski definition) is 4. The van der Waals surface area contributed by atoms with E-state index in [1.165, 1.54) is 16.8 Å². The molecule has 5 nitrogen and oxygen atoms in total. The highest BCUT2D eigenvalue weighted by molar-refractivity contribution is 9.11. The molecule has 0 saturated heterocycles. The number of amides is 2. The average Bonchev–Trinajstić information content (AvgIpc) is 2.81. The highest BCUT2D eigenvalue weighted by atomic mass is 79.9. The van der Waals surface area contributed by atoms with Crippen molar-refractivity contribution in [2.75, 3.05) is 6.54 Å². The topological polar surface area (TPSA) is 63.7 Å². The van der Waals surface area contributed by atoms with Crippen LogP contribution in [-0.2, 0) is 9.53 Å². The predicted octanol–water partition coefficient (Wildman–Crippen LogP) is 3.81. The van der Waals surface area contributed by atoms with Gasteiger partial charge in [-0.05, 0) is 37.5 Å². The fourth-order valence-corrected chi connectivity index (χ4v) is 2.68. The SMILES string of the molecule is CC(=O)OC(=C\Br)/C=C/CCCCN1C(=O)c2ccccc2C1=O. The van der Waals surface area contributed by atoms with E-state index in [0.717, 1.165) is 19.3 Å². The minimum Gasteiger partial charge on any atom is -0.426 e. The number of carbonyl (C=O) groups is 3. The van der Waals surface area contributed by atoms with Gasteiger partial charge in [0.2, 0.25) is 0 Å². The summed E-state index contributed by atoms with van der Waals surface area (Å²) in [5.74, 6) is -0.380. The summed E-state index contributed by atoms with van der Waals surface area (Å²) in [5.41, 5.74) is 0.965. The summed E-state index contributed by atoms with van der Waals surface area (Å²) in [6.07, 6.45) is 5.89. The van der Waals surface area contributed by atoms with Gasteiger partial charge in [0.05, 0.1) is 11.1 Å². The number of unbranched alkanes of at least 4 members (excludes halogenated alkanes) is 2. The van der Waals surface area contributed by atoms with Gasteiger partial charge < -0.3 is 4.74 Å². The summed E-state index contributed by atoms with van der Waals surface area (Å²) in [6, 6.07) is 6.88.